The number of ether oxygens (including phenoxy) is 2. The summed E-state index contributed by atoms with van der Waals surface area (Å²) >= 11 is 12.4. The highest BCUT2D eigenvalue weighted by Crippen LogP contribution is 2.37. The summed E-state index contributed by atoms with van der Waals surface area (Å²) in [5.41, 5.74) is 3.25. The number of methoxy groups -OCH3 is 1. The molecule has 0 aliphatic carbocycles. The van der Waals surface area contributed by atoms with Crippen molar-refractivity contribution in [2.75, 3.05) is 13.7 Å². The third-order valence-electron chi connectivity index (χ3n) is 5.18. The molecule has 0 bridgehead atoms. The summed E-state index contributed by atoms with van der Waals surface area (Å²) in [7, 11) is 1.44. The van der Waals surface area contributed by atoms with Crippen molar-refractivity contribution in [1.29, 1.82) is 5.26 Å². The number of pyridine rings is 1. The number of hydrogen-bond donors (Lipinski definition) is 0. The van der Waals surface area contributed by atoms with Crippen LogP contribution in [0.2, 0.25) is 10.0 Å². The van der Waals surface area contributed by atoms with Gasteiger partial charge in [-0.3, -0.25) is 4.79 Å². The number of hydrogen-bond acceptors (Lipinski definition) is 5. The second-order valence-electron chi connectivity index (χ2n) is 7.34. The van der Waals surface area contributed by atoms with Gasteiger partial charge >= 0.3 is 0 Å². The van der Waals surface area contributed by atoms with E-state index in [1.54, 1.807) is 18.2 Å². The largest absolute Gasteiger partial charge is 0.480 e. The molecule has 4 rings (SSSR count). The van der Waals surface area contributed by atoms with Gasteiger partial charge in [-0.2, -0.15) is 5.26 Å². The Bertz CT molecular complexity index is 1220. The first-order valence-corrected chi connectivity index (χ1v) is 10.7. The quantitative estimate of drug-likeness (QED) is 0.515. The SMILES string of the molecule is COc1nc(CC(=O)N2CCc3ccccc3C2)cc(Oc2cc(Cl)cc(C#N)c2)c1Cl. The lowest BCUT2D eigenvalue weighted by atomic mass is 9.99. The molecule has 0 radical (unpaired) electrons. The van der Waals surface area contributed by atoms with Crippen LogP contribution in [0, 0.1) is 11.3 Å². The molecule has 2 heterocycles. The molecular weight excluding hydrogens is 449 g/mol. The van der Waals surface area contributed by atoms with Crippen LogP contribution in [0.1, 0.15) is 22.4 Å². The summed E-state index contributed by atoms with van der Waals surface area (Å²) in [6.45, 7) is 1.23. The smallest absolute Gasteiger partial charge is 0.236 e. The van der Waals surface area contributed by atoms with E-state index >= 15 is 0 Å². The van der Waals surface area contributed by atoms with Crippen LogP contribution in [-0.2, 0) is 24.2 Å². The predicted molar refractivity (Wildman–Crippen MR) is 121 cm³/mol. The molecule has 8 heteroatoms. The Morgan fingerprint density at radius 3 is 2.72 bits per heavy atom. The Kier molecular flexibility index (Phi) is 6.50. The molecule has 0 fully saturated rings. The Morgan fingerprint density at radius 1 is 1.19 bits per heavy atom. The van der Waals surface area contributed by atoms with Crippen LogP contribution in [0.4, 0.5) is 0 Å². The van der Waals surface area contributed by atoms with E-state index in [0.29, 0.717) is 35.1 Å². The van der Waals surface area contributed by atoms with Gasteiger partial charge in [0.25, 0.3) is 0 Å². The topological polar surface area (TPSA) is 75.4 Å². The molecule has 0 spiro atoms. The molecule has 1 aliphatic heterocycles. The van der Waals surface area contributed by atoms with Crippen molar-refractivity contribution in [1.82, 2.24) is 9.88 Å². The molecule has 2 aromatic carbocycles. The monoisotopic (exact) mass is 467 g/mol. The Labute approximate surface area is 195 Å². The minimum atomic E-state index is -0.0446. The van der Waals surface area contributed by atoms with Gasteiger partial charge in [0, 0.05) is 24.2 Å². The van der Waals surface area contributed by atoms with Gasteiger partial charge in [-0.15, -0.1) is 0 Å². The minimum Gasteiger partial charge on any atom is -0.480 e. The summed E-state index contributed by atoms with van der Waals surface area (Å²) in [5.74, 6) is 0.709. The second kappa shape index (κ2) is 9.47. The molecule has 0 N–H and O–H groups in total. The van der Waals surface area contributed by atoms with Crippen molar-refractivity contribution < 1.29 is 14.3 Å². The second-order valence-corrected chi connectivity index (χ2v) is 8.15. The number of aromatic nitrogens is 1. The summed E-state index contributed by atoms with van der Waals surface area (Å²) in [4.78, 5) is 19.2. The third-order valence-corrected chi connectivity index (χ3v) is 5.75. The summed E-state index contributed by atoms with van der Waals surface area (Å²) in [5, 5.41) is 9.67. The highest BCUT2D eigenvalue weighted by Gasteiger charge is 2.22. The first-order valence-electron chi connectivity index (χ1n) is 9.93. The average molecular weight is 468 g/mol. The minimum absolute atomic E-state index is 0.0446. The zero-order valence-electron chi connectivity index (χ0n) is 17.3. The molecule has 0 unspecified atom stereocenters. The fourth-order valence-electron chi connectivity index (χ4n) is 3.62. The van der Waals surface area contributed by atoms with Crippen molar-refractivity contribution in [3.8, 4) is 23.4 Å². The van der Waals surface area contributed by atoms with Crippen LogP contribution in [0.15, 0.2) is 48.5 Å². The van der Waals surface area contributed by atoms with Gasteiger partial charge in [0.05, 0.1) is 30.9 Å². The van der Waals surface area contributed by atoms with Crippen LogP contribution in [-0.4, -0.2) is 29.4 Å². The van der Waals surface area contributed by atoms with Crippen molar-refractivity contribution in [3.63, 3.8) is 0 Å². The number of nitriles is 1. The summed E-state index contributed by atoms with van der Waals surface area (Å²) < 4.78 is 11.2. The molecule has 1 amide bonds. The number of rotatable bonds is 5. The van der Waals surface area contributed by atoms with Gasteiger partial charge in [-0.25, -0.2) is 4.98 Å². The first kappa shape index (κ1) is 21.9. The van der Waals surface area contributed by atoms with E-state index in [-0.39, 0.29) is 29.0 Å². The maximum absolute atomic E-state index is 13.0. The van der Waals surface area contributed by atoms with E-state index in [1.807, 2.05) is 29.2 Å². The number of carbonyl (C=O) groups is 1. The standard InChI is InChI=1S/C24H19Cl2N3O3/c1-31-24-23(26)21(32-20-9-15(13-27)8-18(25)10-20)11-19(28-24)12-22(30)29-7-6-16-4-2-3-5-17(16)14-29/h2-5,8-11H,6-7,12,14H2,1H3. The molecule has 0 saturated carbocycles. The lowest BCUT2D eigenvalue weighted by Crippen LogP contribution is -2.37. The Hall–Kier alpha value is -3.27. The predicted octanol–water partition coefficient (Wildman–Crippen LogP) is 5.19. The normalized spacial score (nSPS) is 12.6. The van der Waals surface area contributed by atoms with Crippen molar-refractivity contribution in [3.05, 3.63) is 81.0 Å². The van der Waals surface area contributed by atoms with Crippen LogP contribution < -0.4 is 9.47 Å². The van der Waals surface area contributed by atoms with Gasteiger partial charge in [0.1, 0.15) is 10.8 Å². The number of benzene rings is 2. The van der Waals surface area contributed by atoms with Gasteiger partial charge in [-0.05, 0) is 35.7 Å². The van der Waals surface area contributed by atoms with E-state index in [2.05, 4.69) is 11.1 Å². The van der Waals surface area contributed by atoms with E-state index in [1.165, 1.54) is 18.7 Å². The van der Waals surface area contributed by atoms with Gasteiger partial charge in [0.2, 0.25) is 11.8 Å². The number of amides is 1. The first-order chi connectivity index (χ1) is 15.5. The van der Waals surface area contributed by atoms with Crippen LogP contribution in [0.25, 0.3) is 0 Å². The van der Waals surface area contributed by atoms with E-state index < -0.39 is 0 Å². The molecule has 6 nitrogen and oxygen atoms in total. The zero-order chi connectivity index (χ0) is 22.7. The average Bonchev–Trinajstić information content (AvgIpc) is 2.80. The Morgan fingerprint density at radius 2 is 1.97 bits per heavy atom. The number of nitrogens with zero attached hydrogens (tertiary/aromatic N) is 3. The number of carbonyl (C=O) groups excluding carboxylic acids is 1. The highest BCUT2D eigenvalue weighted by atomic mass is 35.5. The van der Waals surface area contributed by atoms with E-state index in [4.69, 9.17) is 37.9 Å². The fraction of sp³-hybridized carbons (Fsp3) is 0.208. The Balaban J connectivity index is 1.57. The van der Waals surface area contributed by atoms with Crippen LogP contribution in [0.5, 0.6) is 17.4 Å². The van der Waals surface area contributed by atoms with Crippen molar-refractivity contribution in [2.24, 2.45) is 0 Å². The summed E-state index contributed by atoms with van der Waals surface area (Å²) in [6, 6.07) is 16.4. The lowest BCUT2D eigenvalue weighted by molar-refractivity contribution is -0.131. The number of halogens is 2. The molecule has 162 valence electrons. The molecule has 1 aliphatic rings. The van der Waals surface area contributed by atoms with Crippen molar-refractivity contribution >= 4 is 29.1 Å². The fourth-order valence-corrected chi connectivity index (χ4v) is 4.06. The molecule has 0 saturated heterocycles. The molecule has 1 aromatic heterocycles. The van der Waals surface area contributed by atoms with E-state index in [0.717, 1.165) is 12.0 Å². The third kappa shape index (κ3) is 4.80. The highest BCUT2D eigenvalue weighted by molar-refractivity contribution is 6.33. The molecule has 0 atom stereocenters. The zero-order valence-corrected chi connectivity index (χ0v) is 18.8. The van der Waals surface area contributed by atoms with Crippen LogP contribution in [0.3, 0.4) is 0 Å². The lowest BCUT2D eigenvalue weighted by Gasteiger charge is -2.29. The maximum atomic E-state index is 13.0. The molecular formula is C24H19Cl2N3O3. The number of fused-ring (bicyclic) bond motifs is 1. The van der Waals surface area contributed by atoms with Crippen molar-refractivity contribution in [2.45, 2.75) is 19.4 Å². The maximum Gasteiger partial charge on any atom is 0.236 e. The summed E-state index contributed by atoms with van der Waals surface area (Å²) in [6.07, 6.45) is 0.898. The van der Waals surface area contributed by atoms with E-state index in [9.17, 15) is 4.79 Å². The van der Waals surface area contributed by atoms with Gasteiger partial charge in [0.15, 0.2) is 5.75 Å². The van der Waals surface area contributed by atoms with Gasteiger partial charge < -0.3 is 14.4 Å². The van der Waals surface area contributed by atoms with Gasteiger partial charge in [-0.1, -0.05) is 47.5 Å². The molecule has 3 aromatic rings. The van der Waals surface area contributed by atoms with Crippen LogP contribution >= 0.6 is 23.2 Å². The molecule has 32 heavy (non-hydrogen) atoms.